The van der Waals surface area contributed by atoms with Crippen molar-refractivity contribution >= 4 is 30.9 Å². The molecule has 3 nitrogen and oxygen atoms in total. The lowest BCUT2D eigenvalue weighted by molar-refractivity contribution is 0.198. The van der Waals surface area contributed by atoms with E-state index in [9.17, 15) is 0 Å². The van der Waals surface area contributed by atoms with Crippen LogP contribution in [0.15, 0.2) is 24.5 Å². The number of rotatable bonds is 7. The Morgan fingerprint density at radius 2 is 2.18 bits per heavy atom. The maximum absolute atomic E-state index is 5.89. The fourth-order valence-electron chi connectivity index (χ4n) is 2.53. The summed E-state index contributed by atoms with van der Waals surface area (Å²) in [4.78, 5) is 6.63. The number of hydrogen-bond donors (Lipinski definition) is 0. The first kappa shape index (κ1) is 21.2. The summed E-state index contributed by atoms with van der Waals surface area (Å²) in [6.45, 7) is 4.16. The smallest absolute Gasteiger partial charge is 0.138 e. The lowest BCUT2D eigenvalue weighted by atomic mass is 10.2. The average molecular weight is 347 g/mol. The van der Waals surface area contributed by atoms with Crippen molar-refractivity contribution in [2.75, 3.05) is 20.2 Å². The van der Waals surface area contributed by atoms with Crippen molar-refractivity contribution in [2.45, 2.75) is 45.1 Å². The molecule has 2 heterocycles. The Balaban J connectivity index is 0.00000220. The van der Waals surface area contributed by atoms with Gasteiger partial charge < -0.3 is 9.64 Å². The number of pyridine rings is 1. The number of ether oxygens (including phenoxy) is 1. The Labute approximate surface area is 147 Å². The van der Waals surface area contributed by atoms with Gasteiger partial charge in [0.2, 0.25) is 0 Å². The second-order valence-corrected chi connectivity index (χ2v) is 5.59. The molecule has 1 aromatic heterocycles. The van der Waals surface area contributed by atoms with Crippen molar-refractivity contribution in [2.24, 2.45) is 0 Å². The molecule has 0 aliphatic carbocycles. The van der Waals surface area contributed by atoms with Crippen LogP contribution in [0.5, 0.6) is 5.75 Å². The lowest BCUT2D eigenvalue weighted by Gasteiger charge is -2.19. The molecule has 126 valence electrons. The molecular weight excluding hydrogens is 319 g/mol. The van der Waals surface area contributed by atoms with Crippen molar-refractivity contribution in [3.63, 3.8) is 0 Å². The van der Waals surface area contributed by atoms with Crippen LogP contribution in [0.4, 0.5) is 0 Å². The molecule has 0 N–H and O–H groups in total. The fraction of sp³-hybridized carbons (Fsp3) is 0.588. The molecule has 22 heavy (non-hydrogen) atoms. The molecule has 0 amide bonds. The highest BCUT2D eigenvalue weighted by atomic mass is 35.5. The van der Waals surface area contributed by atoms with Gasteiger partial charge in [0, 0.05) is 12.2 Å². The summed E-state index contributed by atoms with van der Waals surface area (Å²) >= 11 is 0. The number of hydrogen-bond acceptors (Lipinski definition) is 3. The van der Waals surface area contributed by atoms with Gasteiger partial charge in [0.15, 0.2) is 0 Å². The van der Waals surface area contributed by atoms with Crippen LogP contribution in [0, 0.1) is 0 Å². The highest BCUT2D eigenvalue weighted by molar-refractivity contribution is 5.85. The molecule has 0 unspecified atom stereocenters. The van der Waals surface area contributed by atoms with E-state index in [0.29, 0.717) is 6.04 Å². The number of nitrogens with zero attached hydrogens (tertiary/aromatic N) is 2. The number of unbranched alkanes of at least 4 members (excludes halogenated alkanes) is 2. The van der Waals surface area contributed by atoms with E-state index in [1.807, 2.05) is 6.20 Å². The van der Waals surface area contributed by atoms with Gasteiger partial charge in [-0.25, -0.2) is 0 Å². The van der Waals surface area contributed by atoms with E-state index >= 15 is 0 Å². The zero-order valence-electron chi connectivity index (χ0n) is 13.5. The van der Waals surface area contributed by atoms with Crippen molar-refractivity contribution < 1.29 is 4.74 Å². The first-order chi connectivity index (χ1) is 9.79. The largest absolute Gasteiger partial charge is 0.490 e. The Morgan fingerprint density at radius 3 is 2.86 bits per heavy atom. The molecule has 0 spiro atoms. The van der Waals surface area contributed by atoms with Gasteiger partial charge >= 0.3 is 0 Å². The van der Waals surface area contributed by atoms with E-state index in [-0.39, 0.29) is 24.8 Å². The molecule has 2 rings (SSSR count). The first-order valence-electron chi connectivity index (χ1n) is 7.74. The van der Waals surface area contributed by atoms with Crippen LogP contribution in [0.1, 0.15) is 44.6 Å². The lowest BCUT2D eigenvalue weighted by Crippen LogP contribution is -2.30. The second-order valence-electron chi connectivity index (χ2n) is 5.59. The summed E-state index contributed by atoms with van der Waals surface area (Å²) in [6, 6.07) is 2.63. The molecule has 1 aliphatic heterocycles. The number of aromatic nitrogens is 1. The third-order valence-corrected chi connectivity index (χ3v) is 3.88. The summed E-state index contributed by atoms with van der Waals surface area (Å²) in [5.41, 5.74) is 1.12. The zero-order valence-corrected chi connectivity index (χ0v) is 15.2. The van der Waals surface area contributed by atoms with Gasteiger partial charge in [0.25, 0.3) is 0 Å². The fourth-order valence-corrected chi connectivity index (χ4v) is 2.53. The summed E-state index contributed by atoms with van der Waals surface area (Å²) in [5.74, 6) is 0.878. The SMILES string of the molecule is CCCCC=Cc1cncc(OC[C@@H]2CCCN2C)c1.Cl.Cl. The quantitative estimate of drug-likeness (QED) is 0.674. The van der Waals surface area contributed by atoms with E-state index in [1.54, 1.807) is 6.20 Å². The van der Waals surface area contributed by atoms with Crippen LogP contribution >= 0.6 is 24.8 Å². The van der Waals surface area contributed by atoms with Gasteiger partial charge in [-0.15, -0.1) is 24.8 Å². The molecule has 1 aliphatic rings. The van der Waals surface area contributed by atoms with Crippen LogP contribution in [0.2, 0.25) is 0 Å². The van der Waals surface area contributed by atoms with E-state index in [0.717, 1.165) is 24.3 Å². The Hall–Kier alpha value is -0.770. The van der Waals surface area contributed by atoms with Crippen molar-refractivity contribution in [1.29, 1.82) is 0 Å². The van der Waals surface area contributed by atoms with Gasteiger partial charge in [0.1, 0.15) is 12.4 Å². The van der Waals surface area contributed by atoms with E-state index in [1.165, 1.54) is 32.2 Å². The normalized spacial score (nSPS) is 18.0. The maximum Gasteiger partial charge on any atom is 0.138 e. The van der Waals surface area contributed by atoms with Crippen molar-refractivity contribution in [1.82, 2.24) is 9.88 Å². The number of halogens is 2. The Kier molecular flexibility index (Phi) is 11.3. The predicted molar refractivity (Wildman–Crippen MR) is 98.4 cm³/mol. The first-order valence-corrected chi connectivity index (χ1v) is 7.74. The summed E-state index contributed by atoms with van der Waals surface area (Å²) in [5, 5.41) is 0. The number of likely N-dealkylation sites (N-methyl/N-ethyl adjacent to an activating group) is 1. The maximum atomic E-state index is 5.89. The van der Waals surface area contributed by atoms with Crippen LogP contribution in [0.3, 0.4) is 0 Å². The number of allylic oxidation sites excluding steroid dienone is 1. The molecule has 5 heteroatoms. The predicted octanol–water partition coefficient (Wildman–Crippen LogP) is 4.60. The van der Waals surface area contributed by atoms with Crippen LogP contribution < -0.4 is 4.74 Å². The van der Waals surface area contributed by atoms with Gasteiger partial charge in [-0.1, -0.05) is 31.9 Å². The summed E-state index contributed by atoms with van der Waals surface area (Å²) in [7, 11) is 2.17. The molecule has 1 fully saturated rings. The monoisotopic (exact) mass is 346 g/mol. The molecule has 1 aromatic rings. The van der Waals surface area contributed by atoms with Crippen molar-refractivity contribution in [3.05, 3.63) is 30.1 Å². The summed E-state index contributed by atoms with van der Waals surface area (Å²) < 4.78 is 5.89. The second kappa shape index (κ2) is 11.8. The third-order valence-electron chi connectivity index (χ3n) is 3.88. The minimum absolute atomic E-state index is 0. The Bertz CT molecular complexity index is 440. The molecule has 1 saturated heterocycles. The number of likely N-dealkylation sites (tertiary alicyclic amines) is 1. The highest BCUT2D eigenvalue weighted by Gasteiger charge is 2.21. The van der Waals surface area contributed by atoms with Gasteiger partial charge in [-0.05, 0) is 44.5 Å². The van der Waals surface area contributed by atoms with Crippen LogP contribution in [0.25, 0.3) is 6.08 Å². The average Bonchev–Trinajstić information content (AvgIpc) is 2.87. The van der Waals surface area contributed by atoms with E-state index < -0.39 is 0 Å². The Morgan fingerprint density at radius 1 is 1.36 bits per heavy atom. The van der Waals surface area contributed by atoms with Crippen molar-refractivity contribution in [3.8, 4) is 5.75 Å². The minimum Gasteiger partial charge on any atom is -0.490 e. The molecule has 1 atom stereocenters. The zero-order chi connectivity index (χ0) is 14.2. The highest BCUT2D eigenvalue weighted by Crippen LogP contribution is 2.18. The van der Waals surface area contributed by atoms with Gasteiger partial charge in [-0.2, -0.15) is 0 Å². The van der Waals surface area contributed by atoms with Crippen LogP contribution in [-0.2, 0) is 0 Å². The minimum atomic E-state index is 0. The van der Waals surface area contributed by atoms with E-state index in [4.69, 9.17) is 4.74 Å². The van der Waals surface area contributed by atoms with Gasteiger partial charge in [-0.3, -0.25) is 4.98 Å². The molecule has 0 saturated carbocycles. The standard InChI is InChI=1S/C17H26N2O.2ClH/c1-3-4-5-6-8-15-11-17(13-18-12-15)20-14-16-9-7-10-19(16)2;;/h6,8,11-13,16H,3-5,7,9-10,14H2,1-2H3;2*1H/t16-;;/m0../s1. The topological polar surface area (TPSA) is 25.4 Å². The van der Waals surface area contributed by atoms with Crippen LogP contribution in [-0.4, -0.2) is 36.1 Å². The molecule has 0 bridgehead atoms. The van der Waals surface area contributed by atoms with Gasteiger partial charge in [0.05, 0.1) is 6.20 Å². The third kappa shape index (κ3) is 6.99. The molecule has 0 radical (unpaired) electrons. The van der Waals surface area contributed by atoms with E-state index in [2.05, 4.69) is 42.1 Å². The molecular formula is C17H28Cl2N2O. The summed E-state index contributed by atoms with van der Waals surface area (Å²) in [6.07, 6.45) is 14.2. The molecule has 0 aromatic carbocycles.